The van der Waals surface area contributed by atoms with Crippen LogP contribution in [0.15, 0.2) is 6.07 Å². The van der Waals surface area contributed by atoms with Crippen molar-refractivity contribution in [3.8, 4) is 11.5 Å². The molecule has 3 N–H and O–H groups in total. The third-order valence-electron chi connectivity index (χ3n) is 6.81. The molecule has 0 aromatic heterocycles. The summed E-state index contributed by atoms with van der Waals surface area (Å²) in [4.78, 5) is 0. The molecule has 4 heteroatoms. The van der Waals surface area contributed by atoms with Crippen molar-refractivity contribution in [3.63, 3.8) is 0 Å². The van der Waals surface area contributed by atoms with Crippen LogP contribution < -0.4 is 0 Å². The van der Waals surface area contributed by atoms with Crippen LogP contribution in [0.2, 0.25) is 0 Å². The molecular formula is C20H28O4. The highest BCUT2D eigenvalue weighted by Crippen LogP contribution is 2.65. The zero-order valence-electron chi connectivity index (χ0n) is 15.0. The summed E-state index contributed by atoms with van der Waals surface area (Å²) >= 11 is 0. The molecule has 1 spiro atoms. The van der Waals surface area contributed by atoms with Crippen molar-refractivity contribution in [2.45, 2.75) is 70.5 Å². The van der Waals surface area contributed by atoms with Crippen molar-refractivity contribution in [2.75, 3.05) is 6.61 Å². The first kappa shape index (κ1) is 16.2. The quantitative estimate of drug-likeness (QED) is 0.685. The Hall–Kier alpha value is -1.26. The average Bonchev–Trinajstić information content (AvgIpc) is 2.49. The molecule has 2 bridgehead atoms. The van der Waals surface area contributed by atoms with Gasteiger partial charge in [-0.05, 0) is 35.8 Å². The van der Waals surface area contributed by atoms with Crippen LogP contribution in [-0.2, 0) is 10.2 Å². The van der Waals surface area contributed by atoms with Gasteiger partial charge in [0.15, 0.2) is 11.5 Å². The van der Waals surface area contributed by atoms with E-state index in [2.05, 4.69) is 13.8 Å². The second-order valence-corrected chi connectivity index (χ2v) is 8.98. The van der Waals surface area contributed by atoms with Crippen LogP contribution in [0.1, 0.15) is 75.7 Å². The molecule has 5 rings (SSSR count). The summed E-state index contributed by atoms with van der Waals surface area (Å²) in [5, 5.41) is 32.6. The van der Waals surface area contributed by atoms with E-state index in [0.717, 1.165) is 36.0 Å². The highest BCUT2D eigenvalue weighted by molar-refractivity contribution is 5.61. The average molecular weight is 332 g/mol. The van der Waals surface area contributed by atoms with Gasteiger partial charge in [-0.15, -0.1) is 0 Å². The van der Waals surface area contributed by atoms with Gasteiger partial charge in [-0.2, -0.15) is 0 Å². The zero-order chi connectivity index (χ0) is 17.4. The first-order valence-electron chi connectivity index (χ1n) is 9.09. The number of aromatic hydroxyl groups is 2. The maximum Gasteiger partial charge on any atom is 0.162 e. The summed E-state index contributed by atoms with van der Waals surface area (Å²) < 4.78 is 6.06. The molecule has 0 unspecified atom stereocenters. The van der Waals surface area contributed by atoms with E-state index in [1.165, 1.54) is 0 Å². The Kier molecular flexibility index (Phi) is 3.30. The maximum atomic E-state index is 11.1. The molecule has 2 aliphatic carbocycles. The Morgan fingerprint density at radius 2 is 1.88 bits per heavy atom. The first-order valence-corrected chi connectivity index (χ1v) is 9.09. The SMILES string of the molecule is CC(C)c1cc2c(c(O)c1O)[C@@]13CCCC(C)(C)[C@@H]1[C@@H](O)[C@@H]2OC3. The minimum Gasteiger partial charge on any atom is -0.504 e. The highest BCUT2D eigenvalue weighted by atomic mass is 16.5. The summed E-state index contributed by atoms with van der Waals surface area (Å²) in [7, 11) is 0. The molecule has 4 nitrogen and oxygen atoms in total. The van der Waals surface area contributed by atoms with E-state index in [9.17, 15) is 15.3 Å². The zero-order valence-corrected chi connectivity index (χ0v) is 15.0. The van der Waals surface area contributed by atoms with E-state index in [4.69, 9.17) is 4.74 Å². The normalized spacial score (nSPS) is 36.5. The maximum absolute atomic E-state index is 11.1. The molecular weight excluding hydrogens is 304 g/mol. The van der Waals surface area contributed by atoms with Crippen molar-refractivity contribution in [2.24, 2.45) is 11.3 Å². The van der Waals surface area contributed by atoms with E-state index < -0.39 is 17.6 Å². The molecule has 4 atom stereocenters. The van der Waals surface area contributed by atoms with Gasteiger partial charge in [0.05, 0.1) is 12.7 Å². The van der Waals surface area contributed by atoms with Gasteiger partial charge in [-0.1, -0.05) is 34.1 Å². The molecule has 1 saturated heterocycles. The molecule has 1 aromatic rings. The molecule has 2 aliphatic heterocycles. The van der Waals surface area contributed by atoms with Crippen molar-refractivity contribution < 1.29 is 20.1 Å². The second-order valence-electron chi connectivity index (χ2n) is 8.98. The van der Waals surface area contributed by atoms with Crippen molar-refractivity contribution >= 4 is 0 Å². The standard InChI is InChI=1S/C20H28O4/c1-10(2)11-8-12-13(15(22)14(11)21)20-7-5-6-19(3,4)18(20)16(23)17(12)24-9-20/h8,10,16-18,21-23H,5-7,9H2,1-4H3/t16-,17+,18-,20-/m0/s1. The predicted molar refractivity (Wildman–Crippen MR) is 91.4 cm³/mol. The van der Waals surface area contributed by atoms with Gasteiger partial charge in [-0.3, -0.25) is 0 Å². The van der Waals surface area contributed by atoms with Crippen LogP contribution in [0, 0.1) is 11.3 Å². The molecule has 2 fully saturated rings. The molecule has 2 heterocycles. The summed E-state index contributed by atoms with van der Waals surface area (Å²) in [5.41, 5.74) is 2.02. The van der Waals surface area contributed by atoms with Crippen LogP contribution in [0.5, 0.6) is 11.5 Å². The van der Waals surface area contributed by atoms with Gasteiger partial charge >= 0.3 is 0 Å². The summed E-state index contributed by atoms with van der Waals surface area (Å²) in [6.45, 7) is 8.92. The number of rotatable bonds is 1. The summed E-state index contributed by atoms with van der Waals surface area (Å²) in [5.74, 6) is 0.150. The van der Waals surface area contributed by atoms with Crippen molar-refractivity contribution in [1.82, 2.24) is 0 Å². The van der Waals surface area contributed by atoms with Crippen LogP contribution in [0.4, 0.5) is 0 Å². The molecule has 24 heavy (non-hydrogen) atoms. The minimum absolute atomic E-state index is 0.00212. The van der Waals surface area contributed by atoms with E-state index in [1.54, 1.807) is 0 Å². The van der Waals surface area contributed by atoms with Gasteiger partial charge < -0.3 is 20.1 Å². The lowest BCUT2D eigenvalue weighted by molar-refractivity contribution is -0.207. The predicted octanol–water partition coefficient (Wildman–Crippen LogP) is 3.73. The van der Waals surface area contributed by atoms with Gasteiger partial charge in [-0.25, -0.2) is 0 Å². The Labute approximate surface area is 143 Å². The molecule has 0 amide bonds. The van der Waals surface area contributed by atoms with Crippen LogP contribution in [0.25, 0.3) is 0 Å². The third kappa shape index (κ3) is 1.81. The van der Waals surface area contributed by atoms with E-state index in [-0.39, 0.29) is 28.7 Å². The van der Waals surface area contributed by atoms with E-state index >= 15 is 0 Å². The fourth-order valence-electron chi connectivity index (χ4n) is 5.90. The van der Waals surface area contributed by atoms with Crippen LogP contribution >= 0.6 is 0 Å². The van der Waals surface area contributed by atoms with E-state index in [0.29, 0.717) is 6.61 Å². The molecule has 1 aromatic carbocycles. The monoisotopic (exact) mass is 332 g/mol. The van der Waals surface area contributed by atoms with Crippen LogP contribution in [0.3, 0.4) is 0 Å². The second kappa shape index (κ2) is 4.89. The van der Waals surface area contributed by atoms with Gasteiger partial charge in [0.2, 0.25) is 0 Å². The van der Waals surface area contributed by atoms with Crippen molar-refractivity contribution in [1.29, 1.82) is 0 Å². The largest absolute Gasteiger partial charge is 0.504 e. The smallest absolute Gasteiger partial charge is 0.162 e. The Bertz CT molecular complexity index is 693. The molecule has 132 valence electrons. The van der Waals surface area contributed by atoms with Gasteiger partial charge in [0, 0.05) is 22.5 Å². The highest BCUT2D eigenvalue weighted by Gasteiger charge is 2.63. The number of phenolic OH excluding ortho intramolecular Hbond substituents is 2. The number of aliphatic hydroxyl groups excluding tert-OH is 1. The number of benzene rings is 1. The fraction of sp³-hybridized carbons (Fsp3) is 0.700. The number of hydrogen-bond donors (Lipinski definition) is 3. The Morgan fingerprint density at radius 3 is 2.54 bits per heavy atom. The van der Waals surface area contributed by atoms with E-state index in [1.807, 2.05) is 19.9 Å². The lowest BCUT2D eigenvalue weighted by Crippen LogP contribution is -2.63. The van der Waals surface area contributed by atoms with Gasteiger partial charge in [0.1, 0.15) is 6.10 Å². The number of hydrogen-bond acceptors (Lipinski definition) is 4. The lowest BCUT2D eigenvalue weighted by Gasteiger charge is -2.62. The third-order valence-corrected chi connectivity index (χ3v) is 6.81. The summed E-state index contributed by atoms with van der Waals surface area (Å²) in [6.07, 6.45) is 2.01. The Balaban J connectivity index is 2.01. The first-order chi connectivity index (χ1) is 11.2. The topological polar surface area (TPSA) is 69.9 Å². The summed E-state index contributed by atoms with van der Waals surface area (Å²) in [6, 6.07) is 1.95. The molecule has 4 aliphatic rings. The minimum atomic E-state index is -0.564. The Morgan fingerprint density at radius 1 is 1.17 bits per heavy atom. The lowest BCUT2D eigenvalue weighted by atomic mass is 9.47. The number of fused-ring (bicyclic) bond motifs is 1. The van der Waals surface area contributed by atoms with Crippen LogP contribution in [-0.4, -0.2) is 28.0 Å². The number of phenols is 2. The molecule has 0 radical (unpaired) electrons. The van der Waals surface area contributed by atoms with Crippen molar-refractivity contribution in [3.05, 3.63) is 22.8 Å². The number of ether oxygens (including phenoxy) is 1. The fourth-order valence-corrected chi connectivity index (χ4v) is 5.90. The molecule has 1 saturated carbocycles. The van der Waals surface area contributed by atoms with Gasteiger partial charge in [0.25, 0.3) is 0 Å². The number of aliphatic hydroxyl groups is 1.